The molecule has 0 aliphatic heterocycles. The third-order valence-corrected chi connectivity index (χ3v) is 2.94. The molecule has 5 nitrogen and oxygen atoms in total. The number of aromatic nitrogens is 2. The third-order valence-electron chi connectivity index (χ3n) is 2.94. The van der Waals surface area contributed by atoms with E-state index in [1.807, 2.05) is 0 Å². The maximum absolute atomic E-state index is 12.5. The van der Waals surface area contributed by atoms with Gasteiger partial charge >= 0.3 is 6.18 Å². The highest BCUT2D eigenvalue weighted by Gasteiger charge is 2.31. The van der Waals surface area contributed by atoms with Gasteiger partial charge in [0.1, 0.15) is 6.04 Å². The van der Waals surface area contributed by atoms with Crippen molar-refractivity contribution in [1.29, 1.82) is 0 Å². The first kappa shape index (κ1) is 14.9. The van der Waals surface area contributed by atoms with Crippen LogP contribution in [0.1, 0.15) is 18.5 Å². The predicted octanol–water partition coefficient (Wildman–Crippen LogP) is 2.68. The van der Waals surface area contributed by atoms with Crippen LogP contribution in [0.25, 0.3) is 0 Å². The lowest BCUT2D eigenvalue weighted by atomic mass is 10.1. The van der Waals surface area contributed by atoms with Crippen LogP contribution in [-0.2, 0) is 11.0 Å². The molecule has 0 fully saturated rings. The fraction of sp³-hybridized carbons (Fsp3) is 0.231. The van der Waals surface area contributed by atoms with Gasteiger partial charge in [-0.1, -0.05) is 0 Å². The molecule has 1 aromatic carbocycles. The molecule has 3 N–H and O–H groups in total. The standard InChI is InChI=1S/C13H13F3N4O/c1-8(20-6-2-5-18-20)12(21)19-11-4-3-9(7-10(11)17)13(14,15)16/h2-8H,17H2,1H3,(H,19,21). The van der Waals surface area contributed by atoms with Crippen molar-refractivity contribution in [3.63, 3.8) is 0 Å². The molecule has 2 aromatic rings. The number of nitrogens with two attached hydrogens (primary N) is 1. The first-order valence-corrected chi connectivity index (χ1v) is 6.06. The number of nitrogens with zero attached hydrogens (tertiary/aromatic N) is 2. The van der Waals surface area contributed by atoms with Crippen LogP contribution >= 0.6 is 0 Å². The van der Waals surface area contributed by atoms with Crippen LogP contribution in [0, 0.1) is 0 Å². The molecule has 0 saturated heterocycles. The molecule has 0 aliphatic rings. The minimum Gasteiger partial charge on any atom is -0.397 e. The van der Waals surface area contributed by atoms with E-state index < -0.39 is 23.7 Å². The molecule has 8 heteroatoms. The van der Waals surface area contributed by atoms with E-state index in [-0.39, 0.29) is 11.4 Å². The average molecular weight is 298 g/mol. The Morgan fingerprint density at radius 3 is 2.67 bits per heavy atom. The first-order chi connectivity index (χ1) is 9.79. The number of halogens is 3. The fourth-order valence-corrected chi connectivity index (χ4v) is 1.72. The molecule has 0 radical (unpaired) electrons. The zero-order valence-corrected chi connectivity index (χ0v) is 11.1. The number of benzene rings is 1. The minimum absolute atomic E-state index is 0.131. The minimum atomic E-state index is -4.47. The molecule has 1 atom stereocenters. The number of hydrogen-bond donors (Lipinski definition) is 2. The molecule has 0 spiro atoms. The number of rotatable bonds is 3. The van der Waals surface area contributed by atoms with Gasteiger partial charge in [-0.2, -0.15) is 18.3 Å². The molecule has 0 aliphatic carbocycles. The van der Waals surface area contributed by atoms with E-state index in [2.05, 4.69) is 10.4 Å². The second kappa shape index (κ2) is 5.47. The molecule has 21 heavy (non-hydrogen) atoms. The quantitative estimate of drug-likeness (QED) is 0.856. The van der Waals surface area contributed by atoms with Crippen molar-refractivity contribution in [1.82, 2.24) is 9.78 Å². The molecule has 1 aromatic heterocycles. The van der Waals surface area contributed by atoms with Crippen LogP contribution in [0.15, 0.2) is 36.7 Å². The lowest BCUT2D eigenvalue weighted by Gasteiger charge is -2.15. The number of alkyl halides is 3. The fourth-order valence-electron chi connectivity index (χ4n) is 1.72. The molecule has 1 unspecified atom stereocenters. The SMILES string of the molecule is CC(C(=O)Nc1ccc(C(F)(F)F)cc1N)n1cccn1. The Hall–Kier alpha value is -2.51. The Morgan fingerprint density at radius 2 is 2.14 bits per heavy atom. The topological polar surface area (TPSA) is 72.9 Å². The second-order valence-corrected chi connectivity index (χ2v) is 4.45. The first-order valence-electron chi connectivity index (χ1n) is 6.06. The van der Waals surface area contributed by atoms with Gasteiger partial charge in [0.05, 0.1) is 16.9 Å². The van der Waals surface area contributed by atoms with Crippen molar-refractivity contribution in [3.05, 3.63) is 42.2 Å². The maximum Gasteiger partial charge on any atom is 0.416 e. The van der Waals surface area contributed by atoms with E-state index in [4.69, 9.17) is 5.73 Å². The normalized spacial score (nSPS) is 13.0. The Labute approximate surface area is 118 Å². The van der Waals surface area contributed by atoms with E-state index in [0.717, 1.165) is 18.2 Å². The number of amides is 1. The molecule has 0 saturated carbocycles. The summed E-state index contributed by atoms with van der Waals surface area (Å²) in [4.78, 5) is 12.0. The Kier molecular flexibility index (Phi) is 3.88. The number of carbonyl (C=O) groups is 1. The van der Waals surface area contributed by atoms with Crippen LogP contribution in [0.4, 0.5) is 24.5 Å². The lowest BCUT2D eigenvalue weighted by Crippen LogP contribution is -2.24. The second-order valence-electron chi connectivity index (χ2n) is 4.45. The molecule has 2 rings (SSSR count). The van der Waals surface area contributed by atoms with Crippen LogP contribution in [0.5, 0.6) is 0 Å². The number of nitrogen functional groups attached to an aromatic ring is 1. The maximum atomic E-state index is 12.5. The number of anilines is 2. The highest BCUT2D eigenvalue weighted by atomic mass is 19.4. The summed E-state index contributed by atoms with van der Waals surface area (Å²) >= 11 is 0. The van der Waals surface area contributed by atoms with Gasteiger partial charge in [-0.25, -0.2) is 0 Å². The highest BCUT2D eigenvalue weighted by molar-refractivity contribution is 5.96. The summed E-state index contributed by atoms with van der Waals surface area (Å²) in [6.45, 7) is 1.61. The Morgan fingerprint density at radius 1 is 1.43 bits per heavy atom. The van der Waals surface area contributed by atoms with Crippen molar-refractivity contribution in [2.45, 2.75) is 19.1 Å². The highest BCUT2D eigenvalue weighted by Crippen LogP contribution is 2.32. The van der Waals surface area contributed by atoms with Gasteiger partial charge in [0, 0.05) is 12.4 Å². The summed E-state index contributed by atoms with van der Waals surface area (Å²) in [7, 11) is 0. The number of hydrogen-bond acceptors (Lipinski definition) is 3. The van der Waals surface area contributed by atoms with Crippen LogP contribution in [-0.4, -0.2) is 15.7 Å². The van der Waals surface area contributed by atoms with E-state index in [0.29, 0.717) is 0 Å². The Bertz CT molecular complexity index is 637. The summed E-state index contributed by atoms with van der Waals surface area (Å²) < 4.78 is 39.0. The molecular formula is C13H13F3N4O. The summed E-state index contributed by atoms with van der Waals surface area (Å²) in [6, 6.07) is 3.84. The van der Waals surface area contributed by atoms with Crippen molar-refractivity contribution in [2.24, 2.45) is 0 Å². The van der Waals surface area contributed by atoms with Crippen molar-refractivity contribution < 1.29 is 18.0 Å². The van der Waals surface area contributed by atoms with Gasteiger partial charge < -0.3 is 11.1 Å². The summed E-state index contributed by atoms with van der Waals surface area (Å²) in [5.41, 5.74) is 4.67. The average Bonchev–Trinajstić information content (AvgIpc) is 2.92. The van der Waals surface area contributed by atoms with Crippen LogP contribution in [0.2, 0.25) is 0 Å². The van der Waals surface area contributed by atoms with Gasteiger partial charge in [0.15, 0.2) is 0 Å². The van der Waals surface area contributed by atoms with Crippen molar-refractivity contribution in [2.75, 3.05) is 11.1 Å². The lowest BCUT2D eigenvalue weighted by molar-refractivity contribution is -0.137. The monoisotopic (exact) mass is 298 g/mol. The zero-order valence-electron chi connectivity index (χ0n) is 11.1. The molecule has 0 bridgehead atoms. The Balaban J connectivity index is 2.15. The van der Waals surface area contributed by atoms with E-state index in [1.54, 1.807) is 19.2 Å². The number of carbonyl (C=O) groups excluding carboxylic acids is 1. The summed E-state index contributed by atoms with van der Waals surface area (Å²) in [6.07, 6.45) is -1.34. The van der Waals surface area contributed by atoms with Crippen LogP contribution in [0.3, 0.4) is 0 Å². The van der Waals surface area contributed by atoms with Gasteiger partial charge in [-0.15, -0.1) is 0 Å². The van der Waals surface area contributed by atoms with E-state index >= 15 is 0 Å². The number of nitrogens with one attached hydrogen (secondary N) is 1. The van der Waals surface area contributed by atoms with Gasteiger partial charge in [0.25, 0.3) is 0 Å². The predicted molar refractivity (Wildman–Crippen MR) is 71.4 cm³/mol. The van der Waals surface area contributed by atoms with Crippen LogP contribution < -0.4 is 11.1 Å². The van der Waals surface area contributed by atoms with E-state index in [1.165, 1.54) is 10.9 Å². The van der Waals surface area contributed by atoms with Gasteiger partial charge in [-0.05, 0) is 31.2 Å². The zero-order chi connectivity index (χ0) is 15.6. The molecular weight excluding hydrogens is 285 g/mol. The molecule has 112 valence electrons. The third kappa shape index (κ3) is 3.33. The summed E-state index contributed by atoms with van der Waals surface area (Å²) in [5, 5.41) is 6.41. The van der Waals surface area contributed by atoms with Gasteiger partial charge in [0.2, 0.25) is 5.91 Å². The summed E-state index contributed by atoms with van der Waals surface area (Å²) in [5.74, 6) is -0.426. The smallest absolute Gasteiger partial charge is 0.397 e. The molecule has 1 heterocycles. The molecule has 1 amide bonds. The largest absolute Gasteiger partial charge is 0.416 e. The van der Waals surface area contributed by atoms with E-state index in [9.17, 15) is 18.0 Å². The van der Waals surface area contributed by atoms with Crippen molar-refractivity contribution >= 4 is 17.3 Å². The van der Waals surface area contributed by atoms with Crippen molar-refractivity contribution in [3.8, 4) is 0 Å². The van der Waals surface area contributed by atoms with Gasteiger partial charge in [-0.3, -0.25) is 9.48 Å².